The van der Waals surface area contributed by atoms with Crippen molar-refractivity contribution in [2.75, 3.05) is 34.0 Å². The van der Waals surface area contributed by atoms with E-state index in [1.54, 1.807) is 17.3 Å². The van der Waals surface area contributed by atoms with E-state index in [1.165, 1.54) is 0 Å². The van der Waals surface area contributed by atoms with Crippen LogP contribution in [0.2, 0.25) is 0 Å². The highest BCUT2D eigenvalue weighted by molar-refractivity contribution is 4.41. The molecular formula is C5H14N4O2. The third kappa shape index (κ3) is 3.10. The van der Waals surface area contributed by atoms with Gasteiger partial charge in [0, 0.05) is 20.7 Å². The van der Waals surface area contributed by atoms with E-state index in [2.05, 4.69) is 11.0 Å². The summed E-state index contributed by atoms with van der Waals surface area (Å²) >= 11 is 0. The number of hydrazine groups is 2. The number of hydrogen-bond acceptors (Lipinski definition) is 6. The third-order valence-corrected chi connectivity index (χ3v) is 1.24. The molecule has 1 heterocycles. The van der Waals surface area contributed by atoms with Gasteiger partial charge in [0.1, 0.15) is 6.67 Å². The Morgan fingerprint density at radius 2 is 2.55 bits per heavy atom. The number of nitrogens with zero attached hydrogens (tertiary/aromatic N) is 2. The Hall–Kier alpha value is -0.240. The van der Waals surface area contributed by atoms with Gasteiger partial charge in [0.15, 0.2) is 0 Å². The summed E-state index contributed by atoms with van der Waals surface area (Å²) in [6.45, 7) is 2.10. The van der Waals surface area contributed by atoms with Crippen molar-refractivity contribution in [2.45, 2.75) is 0 Å². The first kappa shape index (κ1) is 8.85. The van der Waals surface area contributed by atoms with Crippen molar-refractivity contribution in [2.24, 2.45) is 0 Å². The van der Waals surface area contributed by atoms with E-state index >= 15 is 0 Å². The summed E-state index contributed by atoms with van der Waals surface area (Å²) in [6.07, 6.45) is 0. The first-order valence-electron chi connectivity index (χ1n) is 3.46. The molecule has 1 rings (SSSR count). The molecule has 1 aliphatic rings. The minimum absolute atomic E-state index is 0.670. The summed E-state index contributed by atoms with van der Waals surface area (Å²) in [6, 6.07) is 0. The summed E-state index contributed by atoms with van der Waals surface area (Å²) in [5.74, 6) is 0. The van der Waals surface area contributed by atoms with Gasteiger partial charge in [-0.1, -0.05) is 5.17 Å². The average molecular weight is 162 g/mol. The van der Waals surface area contributed by atoms with Crippen LogP contribution >= 0.6 is 0 Å². The number of rotatable bonds is 4. The number of ether oxygens (including phenoxy) is 1. The van der Waals surface area contributed by atoms with Crippen LogP contribution in [0.15, 0.2) is 0 Å². The van der Waals surface area contributed by atoms with Crippen LogP contribution in [0.5, 0.6) is 0 Å². The maximum atomic E-state index is 4.95. The van der Waals surface area contributed by atoms with Gasteiger partial charge in [-0.2, -0.15) is 4.94 Å². The molecule has 0 atom stereocenters. The van der Waals surface area contributed by atoms with Gasteiger partial charge in [-0.25, -0.2) is 10.4 Å². The maximum absolute atomic E-state index is 4.95. The summed E-state index contributed by atoms with van der Waals surface area (Å²) in [7, 11) is 3.55. The lowest BCUT2D eigenvalue weighted by Crippen LogP contribution is -2.38. The quantitative estimate of drug-likeness (QED) is 0.501. The Morgan fingerprint density at radius 3 is 3.09 bits per heavy atom. The second-order valence-corrected chi connectivity index (χ2v) is 2.30. The first-order valence-corrected chi connectivity index (χ1v) is 3.46. The second-order valence-electron chi connectivity index (χ2n) is 2.30. The average Bonchev–Trinajstić information content (AvgIpc) is 2.37. The fourth-order valence-corrected chi connectivity index (χ4v) is 0.724. The van der Waals surface area contributed by atoms with Crippen molar-refractivity contribution in [1.29, 1.82) is 0 Å². The van der Waals surface area contributed by atoms with E-state index in [4.69, 9.17) is 9.68 Å². The predicted octanol–water partition coefficient (Wildman–Crippen LogP) is -1.31. The molecule has 0 unspecified atom stereocenters. The van der Waals surface area contributed by atoms with Gasteiger partial charge in [-0.15, -0.1) is 5.59 Å². The van der Waals surface area contributed by atoms with Crippen LogP contribution in [0.1, 0.15) is 0 Å². The van der Waals surface area contributed by atoms with Crippen molar-refractivity contribution in [3.63, 3.8) is 0 Å². The van der Waals surface area contributed by atoms with Gasteiger partial charge in [0.25, 0.3) is 0 Å². The van der Waals surface area contributed by atoms with E-state index in [0.29, 0.717) is 13.3 Å². The van der Waals surface area contributed by atoms with E-state index in [-0.39, 0.29) is 0 Å². The molecular weight excluding hydrogens is 148 g/mol. The second kappa shape index (κ2) is 4.60. The number of methoxy groups -OCH3 is 1. The normalized spacial score (nSPS) is 21.3. The lowest BCUT2D eigenvalue weighted by Gasteiger charge is -2.11. The number of hydroxylamine groups is 1. The Kier molecular flexibility index (Phi) is 3.70. The topological polar surface area (TPSA) is 49.0 Å². The van der Waals surface area contributed by atoms with Crippen LogP contribution in [0.3, 0.4) is 0 Å². The summed E-state index contributed by atoms with van der Waals surface area (Å²) in [5, 5.41) is 3.40. The van der Waals surface area contributed by atoms with E-state index < -0.39 is 0 Å². The highest BCUT2D eigenvalue weighted by atomic mass is 16.9. The zero-order valence-corrected chi connectivity index (χ0v) is 6.83. The fourth-order valence-electron chi connectivity index (χ4n) is 0.724. The molecule has 11 heavy (non-hydrogen) atoms. The predicted molar refractivity (Wildman–Crippen MR) is 38.6 cm³/mol. The molecule has 0 aliphatic carbocycles. The van der Waals surface area contributed by atoms with Gasteiger partial charge in [-0.3, -0.25) is 0 Å². The lowest BCUT2D eigenvalue weighted by molar-refractivity contribution is -0.199. The molecule has 0 aromatic rings. The highest BCUT2D eigenvalue weighted by Crippen LogP contribution is 1.92. The zero-order chi connectivity index (χ0) is 8.10. The van der Waals surface area contributed by atoms with Crippen LogP contribution in [0.4, 0.5) is 0 Å². The highest BCUT2D eigenvalue weighted by Gasteiger charge is 2.15. The molecule has 0 saturated carbocycles. The van der Waals surface area contributed by atoms with Gasteiger partial charge < -0.3 is 4.74 Å². The number of hydrogen-bond donors (Lipinski definition) is 2. The molecule has 6 heteroatoms. The van der Waals surface area contributed by atoms with Crippen molar-refractivity contribution in [3.05, 3.63) is 0 Å². The molecule has 0 aromatic carbocycles. The van der Waals surface area contributed by atoms with Crippen LogP contribution in [-0.2, 0) is 9.68 Å². The molecule has 0 aromatic heterocycles. The maximum Gasteiger partial charge on any atom is 0.109 e. The molecule has 0 spiro atoms. The van der Waals surface area contributed by atoms with Gasteiger partial charge in [-0.05, 0) is 0 Å². The van der Waals surface area contributed by atoms with E-state index in [9.17, 15) is 0 Å². The van der Waals surface area contributed by atoms with Gasteiger partial charge in [0.2, 0.25) is 0 Å². The fraction of sp³-hybridized carbons (Fsp3) is 1.00. The van der Waals surface area contributed by atoms with Crippen LogP contribution in [0, 0.1) is 0 Å². The monoisotopic (exact) mass is 162 g/mol. The van der Waals surface area contributed by atoms with Crippen molar-refractivity contribution in [3.8, 4) is 0 Å². The first-order chi connectivity index (χ1) is 5.33. The Labute approximate surface area is 65.9 Å². The summed E-state index contributed by atoms with van der Waals surface area (Å²) < 4.78 is 4.85. The minimum atomic E-state index is 0.670. The van der Waals surface area contributed by atoms with Gasteiger partial charge >= 0.3 is 0 Å². The molecule has 0 amide bonds. The Balaban J connectivity index is 1.99. The molecule has 0 bridgehead atoms. The Morgan fingerprint density at radius 1 is 1.73 bits per heavy atom. The van der Waals surface area contributed by atoms with Crippen LogP contribution < -0.4 is 11.0 Å². The molecule has 1 fully saturated rings. The smallest absolute Gasteiger partial charge is 0.109 e. The molecule has 0 radical (unpaired) electrons. The third-order valence-electron chi connectivity index (χ3n) is 1.24. The molecule has 66 valence electrons. The Bertz CT molecular complexity index is 113. The lowest BCUT2D eigenvalue weighted by atomic mass is 10.7. The molecule has 1 aliphatic heterocycles. The summed E-state index contributed by atoms with van der Waals surface area (Å²) in [4.78, 5) is 4.95. The zero-order valence-electron chi connectivity index (χ0n) is 6.83. The van der Waals surface area contributed by atoms with Crippen molar-refractivity contribution in [1.82, 2.24) is 21.2 Å². The minimum Gasteiger partial charge on any atom is -0.383 e. The van der Waals surface area contributed by atoms with Crippen molar-refractivity contribution < 1.29 is 9.68 Å². The molecule has 2 N–H and O–H groups in total. The van der Waals surface area contributed by atoms with Gasteiger partial charge in [0.05, 0.1) is 6.61 Å². The van der Waals surface area contributed by atoms with Crippen molar-refractivity contribution >= 4 is 0 Å². The van der Waals surface area contributed by atoms with E-state index in [1.807, 2.05) is 7.05 Å². The molecule has 1 saturated heterocycles. The number of nitrogens with one attached hydrogen (secondary N) is 2. The SMILES string of the molecule is COCCNN1CN(C)NO1. The standard InChI is InChI=1S/C5H14N4O2/c1-8-5-9(11-7-8)6-3-4-10-2/h6-7H,3-5H2,1-2H3. The summed E-state index contributed by atoms with van der Waals surface area (Å²) in [5.41, 5.74) is 5.65. The van der Waals surface area contributed by atoms with Crippen LogP contribution in [0.25, 0.3) is 0 Å². The largest absolute Gasteiger partial charge is 0.383 e. The van der Waals surface area contributed by atoms with E-state index in [0.717, 1.165) is 6.54 Å². The molecule has 6 nitrogen and oxygen atoms in total. The van der Waals surface area contributed by atoms with Crippen LogP contribution in [-0.4, -0.2) is 44.2 Å².